The van der Waals surface area contributed by atoms with Gasteiger partial charge in [0, 0.05) is 24.8 Å². The highest BCUT2D eigenvalue weighted by Gasteiger charge is 2.24. The monoisotopic (exact) mass is 430 g/mol. The number of anilines is 2. The summed E-state index contributed by atoms with van der Waals surface area (Å²) in [6.45, 7) is 4.04. The molecule has 0 bridgehead atoms. The molecule has 0 aromatic heterocycles. The summed E-state index contributed by atoms with van der Waals surface area (Å²) in [6.07, 6.45) is 2.72. The molecule has 0 saturated carbocycles. The normalized spacial score (nSPS) is 15.7. The van der Waals surface area contributed by atoms with Crippen molar-refractivity contribution in [2.24, 2.45) is 0 Å². The predicted octanol–water partition coefficient (Wildman–Crippen LogP) is 3.96. The number of carbonyl (C=O) groups is 1. The molecule has 2 N–H and O–H groups in total. The van der Waals surface area contributed by atoms with E-state index >= 15 is 0 Å². The first kappa shape index (κ1) is 22.5. The Morgan fingerprint density at radius 1 is 1.32 bits per heavy atom. The average molecular weight is 430 g/mol. The van der Waals surface area contributed by atoms with Crippen molar-refractivity contribution >= 4 is 23.0 Å². The van der Waals surface area contributed by atoms with Crippen LogP contribution in [0.5, 0.6) is 5.75 Å². The number of ether oxygens (including phenoxy) is 1. The minimum atomic E-state index is -0.755. The maximum atomic E-state index is 14.6. The average Bonchev–Trinajstić information content (AvgIpc) is 3.24. The molecule has 166 valence electrons. The third kappa shape index (κ3) is 5.49. The number of unbranched alkanes of at least 4 members (excludes halogenated alkanes) is 1. The van der Waals surface area contributed by atoms with Gasteiger partial charge in [0.1, 0.15) is 17.1 Å². The van der Waals surface area contributed by atoms with Crippen LogP contribution in [0.25, 0.3) is 0 Å². The minimum Gasteiger partial charge on any atom is -0.493 e. The molecule has 0 radical (unpaired) electrons. The number of nitrogens with zero attached hydrogens (tertiary/aromatic N) is 2. The summed E-state index contributed by atoms with van der Waals surface area (Å²) in [6, 6.07) is 8.98. The van der Waals surface area contributed by atoms with Crippen molar-refractivity contribution in [3.8, 4) is 5.75 Å². The summed E-state index contributed by atoms with van der Waals surface area (Å²) in [7, 11) is 1.90. The van der Waals surface area contributed by atoms with Crippen molar-refractivity contribution < 1.29 is 18.8 Å². The number of amides is 1. The van der Waals surface area contributed by atoms with Gasteiger partial charge in [-0.05, 0) is 50.2 Å². The van der Waals surface area contributed by atoms with Crippen LogP contribution in [-0.4, -0.2) is 43.6 Å². The highest BCUT2D eigenvalue weighted by Crippen LogP contribution is 2.28. The molecule has 1 saturated heterocycles. The van der Waals surface area contributed by atoms with E-state index in [0.717, 1.165) is 38.0 Å². The fourth-order valence-electron chi connectivity index (χ4n) is 3.50. The van der Waals surface area contributed by atoms with Crippen molar-refractivity contribution in [3.05, 3.63) is 57.9 Å². The summed E-state index contributed by atoms with van der Waals surface area (Å²) in [5, 5.41) is 17.1. The van der Waals surface area contributed by atoms with E-state index in [0.29, 0.717) is 18.4 Å². The van der Waals surface area contributed by atoms with Crippen LogP contribution in [0.15, 0.2) is 36.4 Å². The van der Waals surface area contributed by atoms with E-state index in [4.69, 9.17) is 4.74 Å². The molecule has 1 atom stereocenters. The van der Waals surface area contributed by atoms with Crippen LogP contribution in [-0.2, 0) is 0 Å². The maximum absolute atomic E-state index is 14.6. The zero-order valence-corrected chi connectivity index (χ0v) is 17.7. The topological polar surface area (TPSA) is 96.7 Å². The molecule has 2 aromatic rings. The lowest BCUT2D eigenvalue weighted by atomic mass is 10.1. The first-order valence-corrected chi connectivity index (χ1v) is 10.4. The second kappa shape index (κ2) is 10.2. The molecular weight excluding hydrogens is 403 g/mol. The second-order valence-corrected chi connectivity index (χ2v) is 7.48. The van der Waals surface area contributed by atoms with Gasteiger partial charge in [0.15, 0.2) is 0 Å². The number of benzene rings is 2. The number of hydrogen-bond acceptors (Lipinski definition) is 6. The minimum absolute atomic E-state index is 0.0318. The number of rotatable bonds is 9. The van der Waals surface area contributed by atoms with Gasteiger partial charge in [0.2, 0.25) is 0 Å². The molecule has 1 unspecified atom stereocenters. The van der Waals surface area contributed by atoms with Crippen molar-refractivity contribution in [2.45, 2.75) is 32.2 Å². The van der Waals surface area contributed by atoms with Crippen molar-refractivity contribution in [3.63, 3.8) is 0 Å². The van der Waals surface area contributed by atoms with Gasteiger partial charge in [-0.1, -0.05) is 13.3 Å². The lowest BCUT2D eigenvalue weighted by Crippen LogP contribution is -2.29. The van der Waals surface area contributed by atoms with Crippen LogP contribution in [0, 0.1) is 15.9 Å². The highest BCUT2D eigenvalue weighted by atomic mass is 19.1. The van der Waals surface area contributed by atoms with Gasteiger partial charge < -0.3 is 20.3 Å². The molecule has 0 aliphatic carbocycles. The Bertz CT molecular complexity index is 953. The first-order chi connectivity index (χ1) is 14.9. The summed E-state index contributed by atoms with van der Waals surface area (Å²) in [4.78, 5) is 25.5. The smallest absolute Gasteiger partial charge is 0.285 e. The molecular formula is C22H27FN4O4. The Labute approximate surface area is 180 Å². The molecule has 1 fully saturated rings. The van der Waals surface area contributed by atoms with Crippen LogP contribution >= 0.6 is 0 Å². The summed E-state index contributed by atoms with van der Waals surface area (Å²) in [5.41, 5.74) is 0.148. The van der Waals surface area contributed by atoms with E-state index in [1.165, 1.54) is 30.3 Å². The van der Waals surface area contributed by atoms with Crippen LogP contribution in [0.4, 0.5) is 21.5 Å². The number of nitro benzene ring substituents is 1. The largest absolute Gasteiger partial charge is 0.493 e. The molecule has 2 aromatic carbocycles. The number of carbonyl (C=O) groups excluding carboxylic acids is 1. The van der Waals surface area contributed by atoms with Gasteiger partial charge in [-0.25, -0.2) is 4.39 Å². The van der Waals surface area contributed by atoms with E-state index in [1.807, 2.05) is 14.0 Å². The Balaban J connectivity index is 1.74. The Morgan fingerprint density at radius 2 is 2.13 bits per heavy atom. The molecule has 0 spiro atoms. The fourth-order valence-corrected chi connectivity index (χ4v) is 3.50. The maximum Gasteiger partial charge on any atom is 0.285 e. The van der Waals surface area contributed by atoms with E-state index in [2.05, 4.69) is 15.5 Å². The fraction of sp³-hybridized carbons (Fsp3) is 0.409. The van der Waals surface area contributed by atoms with Crippen LogP contribution in [0.3, 0.4) is 0 Å². The number of likely N-dealkylation sites (N-methyl/N-ethyl adjacent to an activating group) is 1. The van der Waals surface area contributed by atoms with Crippen molar-refractivity contribution in [2.75, 3.05) is 37.0 Å². The number of nitrogens with one attached hydrogen (secondary N) is 2. The molecule has 31 heavy (non-hydrogen) atoms. The van der Waals surface area contributed by atoms with Gasteiger partial charge in [-0.2, -0.15) is 0 Å². The molecule has 3 rings (SSSR count). The van der Waals surface area contributed by atoms with Crippen LogP contribution in [0.1, 0.15) is 36.5 Å². The summed E-state index contributed by atoms with van der Waals surface area (Å²) < 4.78 is 20.1. The second-order valence-electron chi connectivity index (χ2n) is 7.48. The summed E-state index contributed by atoms with van der Waals surface area (Å²) in [5.74, 6) is -1.03. The molecule has 1 aliphatic rings. The predicted molar refractivity (Wildman–Crippen MR) is 118 cm³/mol. The van der Waals surface area contributed by atoms with Crippen molar-refractivity contribution in [1.82, 2.24) is 5.32 Å². The highest BCUT2D eigenvalue weighted by molar-refractivity contribution is 6.07. The zero-order valence-electron chi connectivity index (χ0n) is 17.7. The van der Waals surface area contributed by atoms with E-state index in [1.54, 1.807) is 6.07 Å². The van der Waals surface area contributed by atoms with E-state index in [-0.39, 0.29) is 11.3 Å². The van der Waals surface area contributed by atoms with E-state index < -0.39 is 22.3 Å². The number of hydrogen-bond donors (Lipinski definition) is 2. The van der Waals surface area contributed by atoms with Gasteiger partial charge in [-0.15, -0.1) is 0 Å². The van der Waals surface area contributed by atoms with Crippen LogP contribution in [0.2, 0.25) is 0 Å². The van der Waals surface area contributed by atoms with Gasteiger partial charge in [-0.3, -0.25) is 14.9 Å². The Morgan fingerprint density at radius 3 is 2.77 bits per heavy atom. The van der Waals surface area contributed by atoms with Gasteiger partial charge in [0.05, 0.1) is 23.3 Å². The van der Waals surface area contributed by atoms with E-state index in [9.17, 15) is 19.3 Å². The van der Waals surface area contributed by atoms with Gasteiger partial charge in [0.25, 0.3) is 11.6 Å². The zero-order chi connectivity index (χ0) is 22.4. The lowest BCUT2D eigenvalue weighted by molar-refractivity contribution is -0.385. The SMILES string of the molecule is CCCCOc1ccc(C(=O)Nc2ccc(N3CCC(NC)C3)cc2F)c([N+](=O)[O-])c1. The number of nitro groups is 1. The molecule has 1 heterocycles. The summed E-state index contributed by atoms with van der Waals surface area (Å²) >= 11 is 0. The first-order valence-electron chi connectivity index (χ1n) is 10.4. The Hall–Kier alpha value is -3.20. The van der Waals surface area contributed by atoms with Crippen LogP contribution < -0.4 is 20.3 Å². The molecule has 8 nitrogen and oxygen atoms in total. The lowest BCUT2D eigenvalue weighted by Gasteiger charge is -2.19. The quantitative estimate of drug-likeness (QED) is 0.355. The standard InChI is InChI=1S/C22H27FN4O4/c1-3-4-11-31-17-6-7-18(21(13-17)27(29)30)22(28)25-20-8-5-16(12-19(20)23)26-10-9-15(14-26)24-2/h5-8,12-13,15,24H,3-4,9-11,14H2,1-2H3,(H,25,28). The molecule has 9 heteroatoms. The Kier molecular flexibility index (Phi) is 7.41. The molecule has 1 amide bonds. The molecule has 1 aliphatic heterocycles. The number of halogens is 1. The van der Waals surface area contributed by atoms with Crippen molar-refractivity contribution in [1.29, 1.82) is 0 Å². The third-order valence-corrected chi connectivity index (χ3v) is 5.34. The third-order valence-electron chi connectivity index (χ3n) is 5.34. The van der Waals surface area contributed by atoms with Gasteiger partial charge >= 0.3 is 0 Å².